The normalized spacial score (nSPS) is 16.7. The van der Waals surface area contributed by atoms with Gasteiger partial charge in [-0.25, -0.2) is 4.98 Å². The van der Waals surface area contributed by atoms with Crippen molar-refractivity contribution in [2.24, 2.45) is 5.92 Å². The van der Waals surface area contributed by atoms with Gasteiger partial charge in [0, 0.05) is 19.3 Å². The highest BCUT2D eigenvalue weighted by molar-refractivity contribution is 5.94. The molecule has 1 saturated heterocycles. The summed E-state index contributed by atoms with van der Waals surface area (Å²) in [4.78, 5) is 19.0. The summed E-state index contributed by atoms with van der Waals surface area (Å²) >= 11 is 0. The van der Waals surface area contributed by atoms with Crippen LogP contribution >= 0.6 is 0 Å². The minimum absolute atomic E-state index is 0.139. The summed E-state index contributed by atoms with van der Waals surface area (Å²) in [6.45, 7) is 5.15. The van der Waals surface area contributed by atoms with Crippen LogP contribution in [0, 0.1) is 5.92 Å². The number of rotatable bonds is 7. The fraction of sp³-hybridized carbons (Fsp3) is 0.429. The van der Waals surface area contributed by atoms with Gasteiger partial charge in [-0.05, 0) is 55.2 Å². The van der Waals surface area contributed by atoms with Gasteiger partial charge >= 0.3 is 0 Å². The Kier molecular flexibility index (Phi) is 6.52. The van der Waals surface area contributed by atoms with Gasteiger partial charge in [-0.15, -0.1) is 0 Å². The van der Waals surface area contributed by atoms with Crippen molar-refractivity contribution in [2.45, 2.75) is 19.8 Å². The van der Waals surface area contributed by atoms with E-state index in [1.807, 2.05) is 36.4 Å². The van der Waals surface area contributed by atoms with Gasteiger partial charge in [0.25, 0.3) is 5.91 Å². The number of carbonyl (C=O) groups is 1. The second-order valence-electron chi connectivity index (χ2n) is 6.88. The number of anilines is 1. The van der Waals surface area contributed by atoms with E-state index in [1.54, 1.807) is 13.3 Å². The summed E-state index contributed by atoms with van der Waals surface area (Å²) in [6.07, 6.45) is 4.11. The Bertz CT molecular complexity index is 731. The van der Waals surface area contributed by atoms with Crippen molar-refractivity contribution in [2.75, 3.05) is 38.3 Å². The first-order chi connectivity index (χ1) is 13.2. The predicted octanol–water partition coefficient (Wildman–Crippen LogP) is 3.14. The largest absolute Gasteiger partial charge is 0.497 e. The van der Waals surface area contributed by atoms with Crippen molar-refractivity contribution in [1.29, 1.82) is 0 Å². The molecular formula is C21H27N3O3. The van der Waals surface area contributed by atoms with Crippen LogP contribution in [-0.2, 0) is 0 Å². The van der Waals surface area contributed by atoms with Crippen LogP contribution in [0.3, 0.4) is 0 Å². The molecule has 27 heavy (non-hydrogen) atoms. The minimum Gasteiger partial charge on any atom is -0.497 e. The predicted molar refractivity (Wildman–Crippen MR) is 106 cm³/mol. The summed E-state index contributed by atoms with van der Waals surface area (Å²) in [5, 5.41) is 2.86. The van der Waals surface area contributed by atoms with Crippen LogP contribution in [-0.4, -0.2) is 44.2 Å². The van der Waals surface area contributed by atoms with Crippen LogP contribution < -0.4 is 19.7 Å². The number of methoxy groups -OCH3 is 1. The van der Waals surface area contributed by atoms with Gasteiger partial charge in [-0.2, -0.15) is 0 Å². The van der Waals surface area contributed by atoms with E-state index in [-0.39, 0.29) is 5.91 Å². The second kappa shape index (κ2) is 9.26. The quantitative estimate of drug-likeness (QED) is 0.760. The molecule has 1 fully saturated rings. The Hall–Kier alpha value is -2.76. The lowest BCUT2D eigenvalue weighted by Gasteiger charge is -2.31. The highest BCUT2D eigenvalue weighted by Gasteiger charge is 2.17. The number of ether oxygens (including phenoxy) is 2. The van der Waals surface area contributed by atoms with Gasteiger partial charge in [0.05, 0.1) is 19.2 Å². The van der Waals surface area contributed by atoms with Crippen molar-refractivity contribution in [3.05, 3.63) is 48.2 Å². The third-order valence-electron chi connectivity index (χ3n) is 4.71. The summed E-state index contributed by atoms with van der Waals surface area (Å²) in [6, 6.07) is 11.1. The third-order valence-corrected chi connectivity index (χ3v) is 4.71. The highest BCUT2D eigenvalue weighted by Crippen LogP contribution is 2.21. The van der Waals surface area contributed by atoms with Crippen molar-refractivity contribution >= 4 is 11.7 Å². The smallest absolute Gasteiger partial charge is 0.252 e. The van der Waals surface area contributed by atoms with Gasteiger partial charge < -0.3 is 19.7 Å². The minimum atomic E-state index is -0.139. The Balaban J connectivity index is 1.43. The first-order valence-corrected chi connectivity index (χ1v) is 9.42. The van der Waals surface area contributed by atoms with E-state index in [1.165, 1.54) is 12.8 Å². The van der Waals surface area contributed by atoms with Gasteiger partial charge in [0.2, 0.25) is 0 Å². The summed E-state index contributed by atoms with van der Waals surface area (Å²) < 4.78 is 10.7. The molecule has 1 atom stereocenters. The van der Waals surface area contributed by atoms with E-state index < -0.39 is 0 Å². The molecule has 6 heteroatoms. The van der Waals surface area contributed by atoms with Gasteiger partial charge in [0.15, 0.2) is 0 Å². The van der Waals surface area contributed by atoms with Crippen molar-refractivity contribution in [1.82, 2.24) is 10.3 Å². The number of carbonyl (C=O) groups excluding carboxylic acids is 1. The molecule has 144 valence electrons. The molecule has 0 spiro atoms. The Labute approximate surface area is 160 Å². The SMILES string of the molecule is COc1ccc(OCCNC(=O)c2ccc(N3CCCC(C)C3)nc2)cc1. The van der Waals surface area contributed by atoms with Crippen molar-refractivity contribution < 1.29 is 14.3 Å². The molecule has 1 unspecified atom stereocenters. The van der Waals surface area contributed by atoms with Gasteiger partial charge in [-0.1, -0.05) is 6.92 Å². The number of pyridine rings is 1. The molecule has 2 aromatic rings. The zero-order chi connectivity index (χ0) is 19.1. The third kappa shape index (κ3) is 5.36. The second-order valence-corrected chi connectivity index (χ2v) is 6.88. The molecule has 0 saturated carbocycles. The maximum atomic E-state index is 12.2. The topological polar surface area (TPSA) is 63.7 Å². The fourth-order valence-electron chi connectivity index (χ4n) is 3.21. The number of benzene rings is 1. The monoisotopic (exact) mass is 369 g/mol. The van der Waals surface area contributed by atoms with E-state index in [0.29, 0.717) is 24.6 Å². The number of piperidine rings is 1. The molecule has 0 bridgehead atoms. The van der Waals surface area contributed by atoms with Crippen molar-refractivity contribution in [3.8, 4) is 11.5 Å². The number of nitrogens with zero attached hydrogens (tertiary/aromatic N) is 2. The number of hydrogen-bond donors (Lipinski definition) is 1. The Morgan fingerprint density at radius 2 is 2.00 bits per heavy atom. The van der Waals surface area contributed by atoms with Gasteiger partial charge in [0.1, 0.15) is 23.9 Å². The van der Waals surface area contributed by atoms with E-state index in [4.69, 9.17) is 9.47 Å². The molecule has 1 aliphatic rings. The Morgan fingerprint density at radius 1 is 1.22 bits per heavy atom. The molecule has 2 heterocycles. The van der Waals surface area contributed by atoms with Crippen LogP contribution in [0.1, 0.15) is 30.1 Å². The van der Waals surface area contributed by atoms with Crippen LogP contribution in [0.2, 0.25) is 0 Å². The number of nitrogens with one attached hydrogen (secondary N) is 1. The molecule has 1 N–H and O–H groups in total. The maximum Gasteiger partial charge on any atom is 0.252 e. The number of aromatic nitrogens is 1. The maximum absolute atomic E-state index is 12.2. The molecule has 1 aliphatic heterocycles. The van der Waals surface area contributed by atoms with Crippen LogP contribution in [0.5, 0.6) is 11.5 Å². The Morgan fingerprint density at radius 3 is 2.67 bits per heavy atom. The highest BCUT2D eigenvalue weighted by atomic mass is 16.5. The first-order valence-electron chi connectivity index (χ1n) is 9.42. The molecule has 1 amide bonds. The number of amides is 1. The van der Waals surface area contributed by atoms with Crippen molar-refractivity contribution in [3.63, 3.8) is 0 Å². The fourth-order valence-corrected chi connectivity index (χ4v) is 3.21. The van der Waals surface area contributed by atoms with E-state index in [0.717, 1.165) is 30.4 Å². The molecule has 1 aromatic heterocycles. The average Bonchev–Trinajstić information content (AvgIpc) is 2.71. The van der Waals surface area contributed by atoms with E-state index in [2.05, 4.69) is 22.1 Å². The zero-order valence-electron chi connectivity index (χ0n) is 16.0. The number of hydrogen-bond acceptors (Lipinski definition) is 5. The standard InChI is InChI=1S/C21H27N3O3/c1-16-4-3-12-24(15-16)20-10-5-17(14-23-20)21(25)22-11-13-27-19-8-6-18(26-2)7-9-19/h5-10,14,16H,3-4,11-13,15H2,1-2H3,(H,22,25). The first kappa shape index (κ1) is 19.0. The van der Waals surface area contributed by atoms with E-state index in [9.17, 15) is 4.79 Å². The van der Waals surface area contributed by atoms with Crippen LogP contribution in [0.15, 0.2) is 42.6 Å². The zero-order valence-corrected chi connectivity index (χ0v) is 16.0. The van der Waals surface area contributed by atoms with Gasteiger partial charge in [-0.3, -0.25) is 4.79 Å². The molecule has 3 rings (SSSR count). The lowest BCUT2D eigenvalue weighted by molar-refractivity contribution is 0.0946. The average molecular weight is 369 g/mol. The molecule has 0 radical (unpaired) electrons. The van der Waals surface area contributed by atoms with E-state index >= 15 is 0 Å². The lowest BCUT2D eigenvalue weighted by atomic mass is 10.0. The van der Waals surface area contributed by atoms with Crippen LogP contribution in [0.25, 0.3) is 0 Å². The molecule has 0 aliphatic carbocycles. The molecule has 1 aromatic carbocycles. The molecule has 6 nitrogen and oxygen atoms in total. The van der Waals surface area contributed by atoms with Crippen LogP contribution in [0.4, 0.5) is 5.82 Å². The molecular weight excluding hydrogens is 342 g/mol. The lowest BCUT2D eigenvalue weighted by Crippen LogP contribution is -2.35. The summed E-state index contributed by atoms with van der Waals surface area (Å²) in [5.74, 6) is 3.02. The summed E-state index contributed by atoms with van der Waals surface area (Å²) in [7, 11) is 1.62. The summed E-state index contributed by atoms with van der Waals surface area (Å²) in [5.41, 5.74) is 0.563.